The predicted molar refractivity (Wildman–Crippen MR) is 76.6 cm³/mol. The molecule has 1 heterocycles. The Labute approximate surface area is 115 Å². The van der Waals surface area contributed by atoms with Crippen molar-refractivity contribution in [3.8, 4) is 22.5 Å². The molecule has 1 aromatic heterocycles. The van der Waals surface area contributed by atoms with Crippen molar-refractivity contribution in [1.82, 2.24) is 9.71 Å². The van der Waals surface area contributed by atoms with Crippen LogP contribution in [-0.4, -0.2) is 14.9 Å². The molecule has 3 rings (SSSR count). The van der Waals surface area contributed by atoms with Gasteiger partial charge < -0.3 is 5.21 Å². The van der Waals surface area contributed by atoms with Gasteiger partial charge in [-0.3, -0.25) is 4.79 Å². The first-order valence-electron chi connectivity index (χ1n) is 6.19. The molecule has 0 unspecified atom stereocenters. The monoisotopic (exact) mass is 264 g/mol. The Hall–Kier alpha value is -2.88. The number of benzene rings is 2. The average molecular weight is 264 g/mol. The standard InChI is InChI=1S/C16H12N2O2/c19-16-15(13-9-5-2-6-10-13)17-14(11-18(16)20)12-7-3-1-4-8-12/h1-11,20H. The Bertz CT molecular complexity index is 781. The van der Waals surface area contributed by atoms with Crippen molar-refractivity contribution in [2.24, 2.45) is 0 Å². The third kappa shape index (κ3) is 2.19. The largest absolute Gasteiger partial charge is 0.425 e. The van der Waals surface area contributed by atoms with Gasteiger partial charge in [0.25, 0.3) is 0 Å². The Balaban J connectivity index is 2.22. The van der Waals surface area contributed by atoms with Crippen LogP contribution in [0.2, 0.25) is 0 Å². The minimum absolute atomic E-state index is 0.231. The maximum Gasteiger partial charge on any atom is 0.309 e. The molecule has 0 aliphatic rings. The molecule has 1 N–H and O–H groups in total. The molecule has 0 bridgehead atoms. The van der Waals surface area contributed by atoms with Crippen LogP contribution in [0, 0.1) is 0 Å². The van der Waals surface area contributed by atoms with Crippen molar-refractivity contribution in [2.75, 3.05) is 0 Å². The van der Waals surface area contributed by atoms with Crippen LogP contribution in [0.15, 0.2) is 71.7 Å². The predicted octanol–water partition coefficient (Wildman–Crippen LogP) is 2.81. The van der Waals surface area contributed by atoms with E-state index in [2.05, 4.69) is 4.98 Å². The summed E-state index contributed by atoms with van der Waals surface area (Å²) in [6, 6.07) is 18.5. The molecule has 2 aromatic carbocycles. The van der Waals surface area contributed by atoms with Gasteiger partial charge in [0.2, 0.25) is 0 Å². The molecular formula is C16H12N2O2. The number of nitrogens with zero attached hydrogens (tertiary/aromatic N) is 2. The van der Waals surface area contributed by atoms with Gasteiger partial charge in [-0.1, -0.05) is 60.7 Å². The summed E-state index contributed by atoms with van der Waals surface area (Å²) in [4.78, 5) is 16.4. The van der Waals surface area contributed by atoms with Crippen molar-refractivity contribution in [3.05, 3.63) is 77.2 Å². The number of aromatic nitrogens is 2. The maximum atomic E-state index is 12.0. The van der Waals surface area contributed by atoms with Gasteiger partial charge in [-0.15, -0.1) is 0 Å². The van der Waals surface area contributed by atoms with Gasteiger partial charge in [0.15, 0.2) is 0 Å². The van der Waals surface area contributed by atoms with Crippen LogP contribution in [0.3, 0.4) is 0 Å². The van der Waals surface area contributed by atoms with E-state index in [0.29, 0.717) is 16.0 Å². The number of hydrogen-bond acceptors (Lipinski definition) is 3. The molecule has 3 aromatic rings. The minimum Gasteiger partial charge on any atom is -0.425 e. The molecule has 20 heavy (non-hydrogen) atoms. The van der Waals surface area contributed by atoms with Crippen LogP contribution in [0.25, 0.3) is 22.5 Å². The lowest BCUT2D eigenvalue weighted by molar-refractivity contribution is 0.175. The second-order valence-electron chi connectivity index (χ2n) is 4.36. The van der Waals surface area contributed by atoms with E-state index in [9.17, 15) is 10.0 Å². The van der Waals surface area contributed by atoms with E-state index in [-0.39, 0.29) is 5.69 Å². The fourth-order valence-electron chi connectivity index (χ4n) is 2.01. The van der Waals surface area contributed by atoms with E-state index < -0.39 is 5.56 Å². The van der Waals surface area contributed by atoms with Crippen molar-refractivity contribution >= 4 is 0 Å². The highest BCUT2D eigenvalue weighted by atomic mass is 16.5. The van der Waals surface area contributed by atoms with Crippen LogP contribution in [0.5, 0.6) is 0 Å². The fourth-order valence-corrected chi connectivity index (χ4v) is 2.01. The van der Waals surface area contributed by atoms with Gasteiger partial charge in [-0.25, -0.2) is 4.98 Å². The summed E-state index contributed by atoms with van der Waals surface area (Å²) >= 11 is 0. The van der Waals surface area contributed by atoms with Gasteiger partial charge >= 0.3 is 5.56 Å². The third-order valence-electron chi connectivity index (χ3n) is 3.00. The number of rotatable bonds is 2. The molecule has 0 fully saturated rings. The first kappa shape index (κ1) is 12.2. The molecular weight excluding hydrogens is 252 g/mol. The summed E-state index contributed by atoms with van der Waals surface area (Å²) in [5, 5.41) is 9.77. The van der Waals surface area contributed by atoms with Gasteiger partial charge in [-0.2, -0.15) is 4.73 Å². The van der Waals surface area contributed by atoms with E-state index in [1.54, 1.807) is 12.1 Å². The van der Waals surface area contributed by atoms with Crippen molar-refractivity contribution in [1.29, 1.82) is 0 Å². The van der Waals surface area contributed by atoms with Gasteiger partial charge in [0.05, 0.1) is 11.9 Å². The minimum atomic E-state index is -0.532. The smallest absolute Gasteiger partial charge is 0.309 e. The summed E-state index contributed by atoms with van der Waals surface area (Å²) in [5.41, 5.74) is 1.77. The van der Waals surface area contributed by atoms with Crippen LogP contribution >= 0.6 is 0 Å². The SMILES string of the molecule is O=c1c(-c2ccccc2)nc(-c2ccccc2)cn1O. The molecule has 98 valence electrons. The van der Waals surface area contributed by atoms with E-state index in [4.69, 9.17) is 0 Å². The molecule has 0 saturated carbocycles. The first-order chi connectivity index (χ1) is 9.75. The molecule has 0 aliphatic heterocycles. The average Bonchev–Trinajstić information content (AvgIpc) is 2.51. The fraction of sp³-hybridized carbons (Fsp3) is 0. The zero-order valence-electron chi connectivity index (χ0n) is 10.6. The van der Waals surface area contributed by atoms with Crippen molar-refractivity contribution < 1.29 is 5.21 Å². The van der Waals surface area contributed by atoms with E-state index in [1.165, 1.54) is 6.20 Å². The Morgan fingerprint density at radius 2 is 1.40 bits per heavy atom. The lowest BCUT2D eigenvalue weighted by Gasteiger charge is -2.06. The van der Waals surface area contributed by atoms with Crippen LogP contribution in [0.1, 0.15) is 0 Å². The zero-order valence-corrected chi connectivity index (χ0v) is 10.6. The van der Waals surface area contributed by atoms with E-state index >= 15 is 0 Å². The lowest BCUT2D eigenvalue weighted by atomic mass is 10.1. The highest BCUT2D eigenvalue weighted by molar-refractivity contribution is 5.64. The Morgan fingerprint density at radius 1 is 0.850 bits per heavy atom. The highest BCUT2D eigenvalue weighted by Gasteiger charge is 2.11. The topological polar surface area (TPSA) is 55.1 Å². The molecule has 0 atom stereocenters. The molecule has 0 spiro atoms. The lowest BCUT2D eigenvalue weighted by Crippen LogP contribution is -2.21. The third-order valence-corrected chi connectivity index (χ3v) is 3.00. The summed E-state index contributed by atoms with van der Waals surface area (Å²) in [6.45, 7) is 0. The highest BCUT2D eigenvalue weighted by Crippen LogP contribution is 2.19. The van der Waals surface area contributed by atoms with Gasteiger partial charge in [-0.05, 0) is 0 Å². The van der Waals surface area contributed by atoms with Crippen molar-refractivity contribution in [2.45, 2.75) is 0 Å². The van der Waals surface area contributed by atoms with Crippen LogP contribution in [0.4, 0.5) is 0 Å². The van der Waals surface area contributed by atoms with Crippen LogP contribution < -0.4 is 5.56 Å². The molecule has 0 radical (unpaired) electrons. The van der Waals surface area contributed by atoms with Crippen LogP contribution in [-0.2, 0) is 0 Å². The quantitative estimate of drug-likeness (QED) is 0.724. The summed E-state index contributed by atoms with van der Waals surface area (Å²) in [7, 11) is 0. The molecule has 0 aliphatic carbocycles. The molecule has 4 nitrogen and oxygen atoms in total. The molecule has 0 saturated heterocycles. The van der Waals surface area contributed by atoms with Gasteiger partial charge in [0, 0.05) is 11.1 Å². The molecule has 4 heteroatoms. The second-order valence-corrected chi connectivity index (χ2v) is 4.36. The summed E-state index contributed by atoms with van der Waals surface area (Å²) in [6.07, 6.45) is 1.32. The normalized spacial score (nSPS) is 10.4. The van der Waals surface area contributed by atoms with E-state index in [0.717, 1.165) is 5.56 Å². The summed E-state index contributed by atoms with van der Waals surface area (Å²) < 4.78 is 0.581. The van der Waals surface area contributed by atoms with E-state index in [1.807, 2.05) is 48.5 Å². The first-order valence-corrected chi connectivity index (χ1v) is 6.19. The van der Waals surface area contributed by atoms with Gasteiger partial charge in [0.1, 0.15) is 5.69 Å². The Kier molecular flexibility index (Phi) is 3.05. The van der Waals surface area contributed by atoms with Crippen molar-refractivity contribution in [3.63, 3.8) is 0 Å². The zero-order chi connectivity index (χ0) is 13.9. The maximum absolute atomic E-state index is 12.0. The number of hydrogen-bond donors (Lipinski definition) is 1. The molecule has 0 amide bonds. The second kappa shape index (κ2) is 5.01. The Morgan fingerprint density at radius 3 is 2.00 bits per heavy atom. The summed E-state index contributed by atoms with van der Waals surface area (Å²) in [5.74, 6) is 0.